The van der Waals surface area contributed by atoms with Gasteiger partial charge in [0.05, 0.1) is 6.61 Å². The Balaban J connectivity index is 2.95. The van der Waals surface area contributed by atoms with Crippen molar-refractivity contribution in [2.24, 2.45) is 0 Å². The Bertz CT molecular complexity index is 342. The Hall–Kier alpha value is -1.27. The Morgan fingerprint density at radius 3 is 2.79 bits per heavy atom. The van der Waals surface area contributed by atoms with Crippen molar-refractivity contribution < 1.29 is 17.7 Å². The number of nitrogens with two attached hydrogens (primary N) is 1. The summed E-state index contributed by atoms with van der Waals surface area (Å²) in [5.41, 5.74) is 6.02. The van der Waals surface area contributed by atoms with Crippen LogP contribution in [0.15, 0.2) is 18.2 Å². The second-order valence-electron chi connectivity index (χ2n) is 2.44. The molecule has 0 aliphatic carbocycles. The molecule has 0 fully saturated rings. The summed E-state index contributed by atoms with van der Waals surface area (Å²) in [5, 5.41) is 0. The molecular formula is C8H11NO4S. The molecule has 1 rings (SSSR count). The molecule has 6 heteroatoms. The van der Waals surface area contributed by atoms with Crippen LogP contribution in [0.1, 0.15) is 6.92 Å². The molecule has 1 atom stereocenters. The van der Waals surface area contributed by atoms with Crippen LogP contribution in [0.3, 0.4) is 0 Å². The lowest BCUT2D eigenvalue weighted by Crippen LogP contribution is -2.01. The number of anilines is 1. The molecule has 0 heterocycles. The summed E-state index contributed by atoms with van der Waals surface area (Å²) in [5.74, 6) is 0.553. The zero-order chi connectivity index (χ0) is 10.6. The van der Waals surface area contributed by atoms with Gasteiger partial charge in [0.1, 0.15) is 0 Å². The van der Waals surface area contributed by atoms with E-state index in [9.17, 15) is 4.21 Å². The molecule has 0 aliphatic heterocycles. The molecule has 0 radical (unpaired) electrons. The highest BCUT2D eigenvalue weighted by Crippen LogP contribution is 2.29. The van der Waals surface area contributed by atoms with Gasteiger partial charge in [0.25, 0.3) is 0 Å². The average Bonchev–Trinajstić information content (AvgIpc) is 2.09. The fraction of sp³-hybridized carbons (Fsp3) is 0.250. The van der Waals surface area contributed by atoms with Gasteiger partial charge in [0.2, 0.25) is 0 Å². The molecule has 0 saturated heterocycles. The molecule has 14 heavy (non-hydrogen) atoms. The van der Waals surface area contributed by atoms with Crippen molar-refractivity contribution >= 4 is 17.0 Å². The van der Waals surface area contributed by atoms with Gasteiger partial charge in [-0.15, -0.1) is 0 Å². The van der Waals surface area contributed by atoms with E-state index >= 15 is 0 Å². The molecule has 0 saturated carbocycles. The maximum Gasteiger partial charge on any atom is 0.357 e. The van der Waals surface area contributed by atoms with Gasteiger partial charge in [-0.25, -0.2) is 0 Å². The highest BCUT2D eigenvalue weighted by atomic mass is 32.2. The van der Waals surface area contributed by atoms with Crippen LogP contribution >= 0.6 is 0 Å². The van der Waals surface area contributed by atoms with Gasteiger partial charge in [-0.1, -0.05) is 0 Å². The van der Waals surface area contributed by atoms with E-state index in [1.165, 1.54) is 12.1 Å². The normalized spacial score (nSPS) is 12.1. The molecule has 0 spiro atoms. The first-order valence-electron chi connectivity index (χ1n) is 3.95. The lowest BCUT2D eigenvalue weighted by atomic mass is 10.3. The summed E-state index contributed by atoms with van der Waals surface area (Å²) in [6, 6.07) is 4.57. The number of benzene rings is 1. The first-order valence-corrected chi connectivity index (χ1v) is 4.98. The topological polar surface area (TPSA) is 81.8 Å². The van der Waals surface area contributed by atoms with E-state index in [0.717, 1.165) is 0 Å². The average molecular weight is 217 g/mol. The number of hydrogen-bond donors (Lipinski definition) is 2. The maximum atomic E-state index is 10.4. The molecular weight excluding hydrogens is 206 g/mol. The van der Waals surface area contributed by atoms with Crippen molar-refractivity contribution in [2.75, 3.05) is 12.3 Å². The first kappa shape index (κ1) is 10.8. The van der Waals surface area contributed by atoms with Gasteiger partial charge in [-0.05, 0) is 19.1 Å². The van der Waals surface area contributed by atoms with Crippen molar-refractivity contribution in [3.8, 4) is 11.5 Å². The number of hydrogen-bond acceptors (Lipinski definition) is 4. The van der Waals surface area contributed by atoms with Gasteiger partial charge in [-0.2, -0.15) is 4.21 Å². The highest BCUT2D eigenvalue weighted by Gasteiger charge is 2.07. The van der Waals surface area contributed by atoms with Crippen LogP contribution in [0.2, 0.25) is 0 Å². The molecule has 5 nitrogen and oxygen atoms in total. The summed E-state index contributed by atoms with van der Waals surface area (Å²) in [7, 11) is 0. The third kappa shape index (κ3) is 2.90. The fourth-order valence-corrected chi connectivity index (χ4v) is 1.23. The molecule has 0 aromatic heterocycles. The minimum atomic E-state index is -2.36. The smallest absolute Gasteiger partial charge is 0.357 e. The summed E-state index contributed by atoms with van der Waals surface area (Å²) >= 11 is -2.36. The molecule has 0 aliphatic rings. The van der Waals surface area contributed by atoms with Crippen molar-refractivity contribution in [3.63, 3.8) is 0 Å². The zero-order valence-corrected chi connectivity index (χ0v) is 8.41. The summed E-state index contributed by atoms with van der Waals surface area (Å²) < 4.78 is 28.7. The van der Waals surface area contributed by atoms with Gasteiger partial charge < -0.3 is 14.7 Å². The number of ether oxygens (including phenoxy) is 1. The predicted octanol–water partition coefficient (Wildman–Crippen LogP) is 1.18. The quantitative estimate of drug-likeness (QED) is 0.584. The minimum absolute atomic E-state index is 0.196. The summed E-state index contributed by atoms with van der Waals surface area (Å²) in [6.07, 6.45) is 0. The lowest BCUT2D eigenvalue weighted by molar-refractivity contribution is 0.326. The van der Waals surface area contributed by atoms with E-state index in [-0.39, 0.29) is 5.75 Å². The van der Waals surface area contributed by atoms with Crippen LogP contribution in [-0.2, 0) is 11.4 Å². The van der Waals surface area contributed by atoms with Crippen molar-refractivity contribution in [1.82, 2.24) is 0 Å². The zero-order valence-electron chi connectivity index (χ0n) is 7.60. The van der Waals surface area contributed by atoms with Crippen molar-refractivity contribution in [1.29, 1.82) is 0 Å². The Morgan fingerprint density at radius 1 is 1.50 bits per heavy atom. The lowest BCUT2D eigenvalue weighted by Gasteiger charge is -2.08. The van der Waals surface area contributed by atoms with Gasteiger partial charge in [-0.3, -0.25) is 4.55 Å². The van der Waals surface area contributed by atoms with E-state index in [2.05, 4.69) is 4.18 Å². The second kappa shape index (κ2) is 4.83. The van der Waals surface area contributed by atoms with Crippen LogP contribution in [-0.4, -0.2) is 15.4 Å². The molecule has 3 N–H and O–H groups in total. The summed E-state index contributed by atoms with van der Waals surface area (Å²) in [6.45, 7) is 2.22. The highest BCUT2D eigenvalue weighted by molar-refractivity contribution is 7.74. The number of nitrogen functional groups attached to an aromatic ring is 1. The first-order chi connectivity index (χ1) is 6.63. The fourth-order valence-electron chi connectivity index (χ4n) is 0.939. The molecule has 78 valence electrons. The van der Waals surface area contributed by atoms with E-state index < -0.39 is 11.4 Å². The van der Waals surface area contributed by atoms with Crippen molar-refractivity contribution in [2.45, 2.75) is 6.92 Å². The van der Waals surface area contributed by atoms with Gasteiger partial charge >= 0.3 is 11.4 Å². The minimum Gasteiger partial charge on any atom is -0.490 e. The van der Waals surface area contributed by atoms with Crippen LogP contribution in [0.5, 0.6) is 11.5 Å². The van der Waals surface area contributed by atoms with E-state index in [1.807, 2.05) is 0 Å². The van der Waals surface area contributed by atoms with Crippen LogP contribution in [0.4, 0.5) is 5.69 Å². The van der Waals surface area contributed by atoms with Crippen LogP contribution < -0.4 is 14.7 Å². The molecule has 1 aromatic carbocycles. The third-order valence-electron chi connectivity index (χ3n) is 1.43. The van der Waals surface area contributed by atoms with E-state index in [0.29, 0.717) is 18.0 Å². The van der Waals surface area contributed by atoms with E-state index in [4.69, 9.17) is 15.0 Å². The van der Waals surface area contributed by atoms with Crippen LogP contribution in [0.25, 0.3) is 0 Å². The maximum absolute atomic E-state index is 10.4. The largest absolute Gasteiger partial charge is 0.490 e. The van der Waals surface area contributed by atoms with Crippen LogP contribution in [0, 0.1) is 0 Å². The standard InChI is InChI=1S/C8H11NO4S/c1-2-12-8-5-6(9)3-4-7(8)13-14(10)11/h3-5H,2,9H2,1H3,(H,10,11). The van der Waals surface area contributed by atoms with Crippen molar-refractivity contribution in [3.05, 3.63) is 18.2 Å². The predicted molar refractivity (Wildman–Crippen MR) is 53.4 cm³/mol. The van der Waals surface area contributed by atoms with E-state index in [1.54, 1.807) is 13.0 Å². The molecule has 0 amide bonds. The van der Waals surface area contributed by atoms with Gasteiger partial charge in [0, 0.05) is 11.8 Å². The Labute approximate surface area is 84.3 Å². The Kier molecular flexibility index (Phi) is 3.73. The molecule has 1 aromatic rings. The monoisotopic (exact) mass is 217 g/mol. The third-order valence-corrected chi connectivity index (χ3v) is 1.75. The second-order valence-corrected chi connectivity index (χ2v) is 3.04. The Morgan fingerprint density at radius 2 is 2.21 bits per heavy atom. The molecule has 0 bridgehead atoms. The van der Waals surface area contributed by atoms with Gasteiger partial charge in [0.15, 0.2) is 11.5 Å². The summed E-state index contributed by atoms with van der Waals surface area (Å²) in [4.78, 5) is 0. The SMILES string of the molecule is CCOc1cc(N)ccc1OS(=O)O. The molecule has 1 unspecified atom stereocenters. The number of rotatable bonds is 4.